The quantitative estimate of drug-likeness (QED) is 0.0716. The van der Waals surface area contributed by atoms with Crippen molar-refractivity contribution in [3.05, 3.63) is 0 Å². The van der Waals surface area contributed by atoms with Crippen LogP contribution in [0.15, 0.2) is 0 Å². The fourth-order valence-corrected chi connectivity index (χ4v) is 11.2. The molecule has 3 amide bonds. The lowest BCUT2D eigenvalue weighted by Gasteiger charge is -2.32. The summed E-state index contributed by atoms with van der Waals surface area (Å²) in [7, 11) is 2.87. The first kappa shape index (κ1) is 60.1. The molecule has 76 heavy (non-hydrogen) atoms. The number of rotatable bonds is 19. The fraction of sp³-hybridized carbons (Fsp3) is 0.891. The van der Waals surface area contributed by atoms with Crippen LogP contribution in [-0.2, 0) is 90.3 Å². The third kappa shape index (κ3) is 13.5. The molecule has 0 spiro atoms. The van der Waals surface area contributed by atoms with Gasteiger partial charge in [-0.05, 0) is 55.4 Å². The van der Waals surface area contributed by atoms with E-state index >= 15 is 0 Å². The first-order valence-corrected chi connectivity index (χ1v) is 24.9. The number of carbonyl (C=O) groups excluding carboxylic acids is 3. The average Bonchev–Trinajstić information content (AvgIpc) is 4.17. The maximum Gasteiger partial charge on any atom is 0.490 e. The number of amides is 3. The highest BCUT2D eigenvalue weighted by Gasteiger charge is 2.62. The van der Waals surface area contributed by atoms with Gasteiger partial charge in [0, 0.05) is 52.6 Å². The molecule has 0 radical (unpaired) electrons. The Morgan fingerprint density at radius 2 is 0.789 bits per heavy atom. The second-order valence-corrected chi connectivity index (χ2v) is 21.6. The SMILES string of the molecule is CO[C@H]1O[C@H]([C@H](CC(=O)N[C@H](CC(=O)O)[C@H]2O[C@H](CN)[C@H]3OC(C)(C)O[C@@H]23)NC(=O)C[C@@H](NC(=O)C[C@H](N)[C@H]2O[C@H](CN)[C@H]3OC(C)(C)O[C@@H]23)[C@H]2O[C@H](OC)[C@H]3OC(C)(C)O[C@H]32)[C@@H]2OC(C)(C)O[C@H]12.O=C(O)C(F)(F)F. The van der Waals surface area contributed by atoms with Gasteiger partial charge in [0.05, 0.1) is 36.8 Å². The molecule has 434 valence electrons. The molecule has 0 unspecified atom stereocenters. The molecule has 11 N–H and O–H groups in total. The summed E-state index contributed by atoms with van der Waals surface area (Å²) in [4.78, 5) is 64.3. The normalized spacial score (nSPS) is 38.6. The van der Waals surface area contributed by atoms with Gasteiger partial charge in [-0.1, -0.05) is 0 Å². The molecule has 0 aromatic rings. The smallest absolute Gasteiger partial charge is 0.481 e. The predicted octanol–water partition coefficient (Wildman–Crippen LogP) is -1.68. The summed E-state index contributed by atoms with van der Waals surface area (Å²) in [5.74, 6) is -9.93. The maximum atomic E-state index is 14.7. The van der Waals surface area contributed by atoms with Gasteiger partial charge < -0.3 is 110 Å². The number of carboxylic acids is 2. The number of hydrogen-bond donors (Lipinski definition) is 8. The van der Waals surface area contributed by atoms with Crippen molar-refractivity contribution in [2.24, 2.45) is 17.2 Å². The van der Waals surface area contributed by atoms with Crippen LogP contribution in [-0.4, -0.2) is 219 Å². The Balaban J connectivity index is 0.00000112. The minimum Gasteiger partial charge on any atom is -0.481 e. The van der Waals surface area contributed by atoms with Crippen LogP contribution in [0.2, 0.25) is 0 Å². The second kappa shape index (κ2) is 22.9. The number of alkyl halides is 3. The first-order chi connectivity index (χ1) is 35.3. The Morgan fingerprint density at radius 3 is 1.13 bits per heavy atom. The molecular weight excluding hydrogens is 1030 g/mol. The Morgan fingerprint density at radius 1 is 0.500 bits per heavy atom. The molecule has 0 saturated carbocycles. The lowest BCUT2D eigenvalue weighted by Crippen LogP contribution is -2.56. The number of methoxy groups -OCH3 is 2. The molecule has 8 heterocycles. The van der Waals surface area contributed by atoms with Crippen LogP contribution in [0, 0.1) is 0 Å². The molecular formula is C46H73F3N6O21. The Bertz CT molecular complexity index is 2110. The molecule has 20 atom stereocenters. The highest BCUT2D eigenvalue weighted by molar-refractivity contribution is 5.82. The van der Waals surface area contributed by atoms with Gasteiger partial charge in [-0.3, -0.25) is 19.2 Å². The number of aliphatic carboxylic acids is 2. The van der Waals surface area contributed by atoms with E-state index in [0.717, 1.165) is 0 Å². The zero-order chi connectivity index (χ0) is 56.2. The van der Waals surface area contributed by atoms with Crippen molar-refractivity contribution in [3.8, 4) is 0 Å². The zero-order valence-electron chi connectivity index (χ0n) is 43.8. The lowest BCUT2D eigenvalue weighted by molar-refractivity contribution is -0.230. The summed E-state index contributed by atoms with van der Waals surface area (Å²) in [6, 6.07) is -4.26. The molecule has 30 heteroatoms. The summed E-state index contributed by atoms with van der Waals surface area (Å²) in [5, 5.41) is 25.9. The van der Waals surface area contributed by atoms with Crippen LogP contribution in [0.25, 0.3) is 0 Å². The highest BCUT2D eigenvalue weighted by atomic mass is 19.4. The summed E-state index contributed by atoms with van der Waals surface area (Å²) in [6.07, 6.45) is -19.1. The molecule has 0 aliphatic carbocycles. The average molecular weight is 1100 g/mol. The van der Waals surface area contributed by atoms with Crippen molar-refractivity contribution in [2.45, 2.75) is 233 Å². The second-order valence-electron chi connectivity index (χ2n) is 21.6. The van der Waals surface area contributed by atoms with E-state index in [0.29, 0.717) is 0 Å². The number of fused-ring (bicyclic) bond motifs is 4. The molecule has 8 aliphatic heterocycles. The topological polar surface area (TPSA) is 369 Å². The Hall–Kier alpha value is -3.54. The van der Waals surface area contributed by atoms with Gasteiger partial charge in [0.1, 0.15) is 73.2 Å². The van der Waals surface area contributed by atoms with Gasteiger partial charge in [-0.25, -0.2) is 4.79 Å². The van der Waals surface area contributed by atoms with E-state index in [9.17, 15) is 37.5 Å². The largest absolute Gasteiger partial charge is 0.490 e. The number of nitrogens with one attached hydrogen (secondary N) is 3. The van der Waals surface area contributed by atoms with Gasteiger partial charge in [0.25, 0.3) is 0 Å². The van der Waals surface area contributed by atoms with Gasteiger partial charge in [0.2, 0.25) is 17.7 Å². The van der Waals surface area contributed by atoms with E-state index in [4.69, 9.17) is 93.4 Å². The van der Waals surface area contributed by atoms with Crippen molar-refractivity contribution in [3.63, 3.8) is 0 Å². The number of ether oxygens (including phenoxy) is 14. The van der Waals surface area contributed by atoms with Crippen molar-refractivity contribution >= 4 is 29.7 Å². The third-order valence-corrected chi connectivity index (χ3v) is 13.9. The summed E-state index contributed by atoms with van der Waals surface area (Å²) >= 11 is 0. The number of halogens is 3. The van der Waals surface area contributed by atoms with Crippen LogP contribution in [0.5, 0.6) is 0 Å². The van der Waals surface area contributed by atoms with Gasteiger partial charge in [-0.15, -0.1) is 0 Å². The predicted molar refractivity (Wildman–Crippen MR) is 246 cm³/mol. The van der Waals surface area contributed by atoms with Gasteiger partial charge >= 0.3 is 18.1 Å². The number of carboxylic acid groups (broad SMARTS) is 2. The molecule has 8 rings (SSSR count). The maximum absolute atomic E-state index is 14.7. The van der Waals surface area contributed by atoms with E-state index in [1.807, 2.05) is 0 Å². The monoisotopic (exact) mass is 1100 g/mol. The van der Waals surface area contributed by atoms with Crippen molar-refractivity contribution in [2.75, 3.05) is 27.3 Å². The Labute approximate surface area is 435 Å². The highest BCUT2D eigenvalue weighted by Crippen LogP contribution is 2.44. The van der Waals surface area contributed by atoms with Gasteiger partial charge in [-0.2, -0.15) is 13.2 Å². The van der Waals surface area contributed by atoms with E-state index in [1.54, 1.807) is 55.4 Å². The van der Waals surface area contributed by atoms with Crippen LogP contribution < -0.4 is 33.2 Å². The van der Waals surface area contributed by atoms with E-state index in [-0.39, 0.29) is 19.5 Å². The van der Waals surface area contributed by atoms with Crippen LogP contribution in [0.1, 0.15) is 81.1 Å². The van der Waals surface area contributed by atoms with Crippen LogP contribution >= 0.6 is 0 Å². The minimum absolute atomic E-state index is 0.0537. The van der Waals surface area contributed by atoms with Crippen molar-refractivity contribution < 1.29 is 114 Å². The molecule has 8 aliphatic rings. The fourth-order valence-electron chi connectivity index (χ4n) is 11.2. The van der Waals surface area contributed by atoms with E-state index in [2.05, 4.69) is 16.0 Å². The molecule has 0 bridgehead atoms. The number of hydrogen-bond acceptors (Lipinski definition) is 22. The van der Waals surface area contributed by atoms with Crippen molar-refractivity contribution in [1.29, 1.82) is 0 Å². The molecule has 27 nitrogen and oxygen atoms in total. The molecule has 0 aromatic heterocycles. The number of nitrogens with two attached hydrogens (primary N) is 3. The summed E-state index contributed by atoms with van der Waals surface area (Å²) in [5.41, 5.74) is 18.7. The standard InChI is InChI=1S/C44H72N6O19.C2HF3O2/c1-41(2)62-31-21(15-45)58-27(33(31)64-41)17(47)11-23(51)48-18(29-35-37(39(56-9)60-29)68-43(5,6)66-35)12-24(52)49-19(30-36-38(40(57-10)61-30)69-44(7,8)67-36)13-25(53)50-20(14-26(54)55)28-34-32(22(16-46)59-28)63-42(3,4)65-34;3-2(4,5)1(6)7/h17-22,27-40H,11-16,45-47H2,1-10H3,(H,48,51)(H,49,52)(H,50,53)(H,54,55);(H,6,7)/t17-,18+,19-,20+,21+,22+,27+,28+,29+,30+,31+,32+,33-,34-,35-,36-,37-,38-,39-,40-;/m0./s1. The summed E-state index contributed by atoms with van der Waals surface area (Å²) < 4.78 is 117. The third-order valence-electron chi connectivity index (χ3n) is 13.9. The number of carbonyl (C=O) groups is 5. The first-order valence-electron chi connectivity index (χ1n) is 24.9. The van der Waals surface area contributed by atoms with Crippen LogP contribution in [0.4, 0.5) is 13.2 Å². The Kier molecular flexibility index (Phi) is 18.1. The summed E-state index contributed by atoms with van der Waals surface area (Å²) in [6.45, 7) is 14.1. The molecule has 0 aromatic carbocycles. The van der Waals surface area contributed by atoms with Crippen molar-refractivity contribution in [1.82, 2.24) is 16.0 Å². The van der Waals surface area contributed by atoms with E-state index < -0.39 is 200 Å². The van der Waals surface area contributed by atoms with E-state index in [1.165, 1.54) is 14.2 Å². The molecule has 8 fully saturated rings. The van der Waals surface area contributed by atoms with Gasteiger partial charge in [0.15, 0.2) is 35.7 Å². The zero-order valence-corrected chi connectivity index (χ0v) is 43.8. The molecule has 8 saturated heterocycles. The lowest BCUT2D eigenvalue weighted by atomic mass is 9.96. The van der Waals surface area contributed by atoms with Crippen LogP contribution in [0.3, 0.4) is 0 Å². The minimum atomic E-state index is -5.08.